The average molecular weight is 286 g/mol. The number of thiophene rings is 1. The molecule has 0 spiro atoms. The number of hydrogen-bond acceptors (Lipinski definition) is 3. The van der Waals surface area contributed by atoms with Gasteiger partial charge in [-0.15, -0.1) is 0 Å². The first-order chi connectivity index (χ1) is 9.65. The normalized spacial score (nSPS) is 10.8. The zero-order valence-electron chi connectivity index (χ0n) is 10.5. The summed E-state index contributed by atoms with van der Waals surface area (Å²) < 4.78 is 14.0. The Hall–Kier alpha value is -2.20. The highest BCUT2D eigenvalue weighted by Gasteiger charge is 2.19. The molecule has 2 nitrogen and oxygen atoms in total. The molecule has 0 aliphatic carbocycles. The van der Waals surface area contributed by atoms with Crippen molar-refractivity contribution in [3.8, 4) is 5.06 Å². The van der Waals surface area contributed by atoms with Gasteiger partial charge >= 0.3 is 0 Å². The third kappa shape index (κ3) is 2.30. The zero-order chi connectivity index (χ0) is 14.1. The van der Waals surface area contributed by atoms with E-state index in [4.69, 9.17) is 0 Å². The van der Waals surface area contributed by atoms with E-state index in [0.29, 0.717) is 10.1 Å². The number of benzene rings is 2. The van der Waals surface area contributed by atoms with Crippen LogP contribution in [0.4, 0.5) is 4.39 Å². The first-order valence-electron chi connectivity index (χ1n) is 6.13. The third-order valence-corrected chi connectivity index (χ3v) is 4.09. The number of hydrogen-bond donors (Lipinski definition) is 1. The molecule has 1 N–H and O–H groups in total. The van der Waals surface area contributed by atoms with Crippen molar-refractivity contribution in [2.75, 3.05) is 0 Å². The number of aromatic hydroxyl groups is 1. The van der Waals surface area contributed by atoms with Crippen LogP contribution in [0.25, 0.3) is 10.1 Å². The molecule has 0 bridgehead atoms. The topological polar surface area (TPSA) is 37.3 Å². The van der Waals surface area contributed by atoms with E-state index in [0.717, 1.165) is 16.9 Å². The number of fused-ring (bicyclic) bond motifs is 1. The Bertz CT molecular complexity index is 778. The lowest BCUT2D eigenvalue weighted by atomic mass is 10.0. The second-order valence-corrected chi connectivity index (χ2v) is 5.54. The van der Waals surface area contributed by atoms with Crippen LogP contribution in [0.5, 0.6) is 5.06 Å². The zero-order valence-corrected chi connectivity index (χ0v) is 11.3. The highest BCUT2D eigenvalue weighted by atomic mass is 32.1. The summed E-state index contributed by atoms with van der Waals surface area (Å²) in [4.78, 5) is 12.3. The van der Waals surface area contributed by atoms with Crippen molar-refractivity contribution in [2.45, 2.75) is 6.42 Å². The van der Waals surface area contributed by atoms with Gasteiger partial charge in [-0.1, -0.05) is 41.7 Å². The van der Waals surface area contributed by atoms with Gasteiger partial charge in [-0.3, -0.25) is 4.79 Å². The first-order valence-corrected chi connectivity index (χ1v) is 6.95. The average Bonchev–Trinajstić information content (AvgIpc) is 2.75. The summed E-state index contributed by atoms with van der Waals surface area (Å²) in [5.74, 6) is -0.616. The Morgan fingerprint density at radius 1 is 1.15 bits per heavy atom. The van der Waals surface area contributed by atoms with Gasteiger partial charge in [0.05, 0.1) is 5.56 Å². The molecule has 0 aliphatic rings. The van der Waals surface area contributed by atoms with E-state index in [2.05, 4.69) is 0 Å². The van der Waals surface area contributed by atoms with Crippen LogP contribution in [0.1, 0.15) is 15.9 Å². The number of carbonyl (C=O) groups is 1. The second kappa shape index (κ2) is 5.06. The number of rotatable bonds is 3. The summed E-state index contributed by atoms with van der Waals surface area (Å²) in [7, 11) is 0. The van der Waals surface area contributed by atoms with Crippen molar-refractivity contribution in [1.82, 2.24) is 0 Å². The number of Topliss-reactive ketones (excluding diaryl/α,β-unsaturated/α-hetero) is 1. The number of halogens is 1. The lowest BCUT2D eigenvalue weighted by Gasteiger charge is -2.01. The van der Waals surface area contributed by atoms with Gasteiger partial charge in [-0.2, -0.15) is 0 Å². The highest BCUT2D eigenvalue weighted by Crippen LogP contribution is 2.37. The van der Waals surface area contributed by atoms with Crippen LogP contribution in [0.3, 0.4) is 0 Å². The molecular formula is C16H11FO2S. The Kier molecular flexibility index (Phi) is 3.24. The van der Waals surface area contributed by atoms with Crippen molar-refractivity contribution in [3.63, 3.8) is 0 Å². The maximum absolute atomic E-state index is 13.3. The highest BCUT2D eigenvalue weighted by molar-refractivity contribution is 7.21. The fourth-order valence-corrected chi connectivity index (χ4v) is 3.14. The molecule has 3 rings (SSSR count). The minimum absolute atomic E-state index is 0.0495. The molecule has 0 radical (unpaired) electrons. The van der Waals surface area contributed by atoms with Gasteiger partial charge < -0.3 is 5.11 Å². The predicted molar refractivity (Wildman–Crippen MR) is 77.9 cm³/mol. The van der Waals surface area contributed by atoms with Crippen LogP contribution >= 0.6 is 11.3 Å². The van der Waals surface area contributed by atoms with Crippen LogP contribution in [0.15, 0.2) is 48.5 Å². The molecule has 3 aromatic rings. The molecule has 0 amide bonds. The quantitative estimate of drug-likeness (QED) is 0.734. The second-order valence-electron chi connectivity index (χ2n) is 4.51. The van der Waals surface area contributed by atoms with Crippen molar-refractivity contribution in [2.24, 2.45) is 0 Å². The minimum Gasteiger partial charge on any atom is -0.499 e. The Balaban J connectivity index is 2.03. The molecule has 1 aromatic heterocycles. The van der Waals surface area contributed by atoms with E-state index in [9.17, 15) is 14.3 Å². The summed E-state index contributed by atoms with van der Waals surface area (Å²) in [5.41, 5.74) is 1.08. The molecule has 0 unspecified atom stereocenters. The van der Waals surface area contributed by atoms with Gasteiger partial charge in [0.2, 0.25) is 0 Å². The Labute approximate surface area is 119 Å². The Morgan fingerprint density at radius 3 is 2.65 bits per heavy atom. The standard InChI is InChI=1S/C16H11FO2S/c17-11-6-7-14-12(9-11)15(16(19)20-14)13(18)8-10-4-2-1-3-5-10/h1-7,9,19H,8H2. The van der Waals surface area contributed by atoms with Crippen LogP contribution in [-0.4, -0.2) is 10.9 Å². The van der Waals surface area contributed by atoms with Gasteiger partial charge in [0.1, 0.15) is 5.82 Å². The van der Waals surface area contributed by atoms with E-state index >= 15 is 0 Å². The van der Waals surface area contributed by atoms with Crippen molar-refractivity contribution in [1.29, 1.82) is 0 Å². The van der Waals surface area contributed by atoms with Gasteiger partial charge in [0, 0.05) is 16.5 Å². The van der Waals surface area contributed by atoms with Crippen LogP contribution < -0.4 is 0 Å². The summed E-state index contributed by atoms with van der Waals surface area (Å²) in [6, 6.07) is 13.5. The minimum atomic E-state index is -0.413. The summed E-state index contributed by atoms with van der Waals surface area (Å²) in [5, 5.41) is 10.4. The van der Waals surface area contributed by atoms with E-state index in [1.54, 1.807) is 6.07 Å². The molecule has 20 heavy (non-hydrogen) atoms. The molecule has 1 heterocycles. The van der Waals surface area contributed by atoms with E-state index in [1.807, 2.05) is 30.3 Å². The van der Waals surface area contributed by atoms with Gasteiger partial charge in [0.15, 0.2) is 10.8 Å². The smallest absolute Gasteiger partial charge is 0.183 e. The molecule has 4 heteroatoms. The van der Waals surface area contributed by atoms with Gasteiger partial charge in [-0.05, 0) is 23.8 Å². The fourth-order valence-electron chi connectivity index (χ4n) is 2.20. The van der Waals surface area contributed by atoms with E-state index in [1.165, 1.54) is 12.1 Å². The third-order valence-electron chi connectivity index (χ3n) is 3.12. The molecule has 0 saturated heterocycles. The SMILES string of the molecule is O=C(Cc1ccccc1)c1c(O)sc2ccc(F)cc12. The van der Waals surface area contributed by atoms with Crippen molar-refractivity contribution in [3.05, 3.63) is 65.5 Å². The number of carbonyl (C=O) groups excluding carboxylic acids is 1. The van der Waals surface area contributed by atoms with Crippen LogP contribution in [-0.2, 0) is 6.42 Å². The largest absolute Gasteiger partial charge is 0.499 e. The van der Waals surface area contributed by atoms with Gasteiger partial charge in [-0.25, -0.2) is 4.39 Å². The lowest BCUT2D eigenvalue weighted by molar-refractivity contribution is 0.0993. The summed E-state index contributed by atoms with van der Waals surface area (Å²) in [6.45, 7) is 0. The van der Waals surface area contributed by atoms with Crippen molar-refractivity contribution >= 4 is 27.2 Å². The molecular weight excluding hydrogens is 275 g/mol. The Morgan fingerprint density at radius 2 is 1.90 bits per heavy atom. The number of ketones is 1. The maximum Gasteiger partial charge on any atom is 0.183 e. The maximum atomic E-state index is 13.3. The van der Waals surface area contributed by atoms with Crippen molar-refractivity contribution < 1.29 is 14.3 Å². The van der Waals surface area contributed by atoms with Gasteiger partial charge in [0.25, 0.3) is 0 Å². The van der Waals surface area contributed by atoms with E-state index < -0.39 is 5.82 Å². The molecule has 100 valence electrons. The molecule has 0 fully saturated rings. The molecule has 0 aliphatic heterocycles. The monoisotopic (exact) mass is 286 g/mol. The fraction of sp³-hybridized carbons (Fsp3) is 0.0625. The molecule has 0 saturated carbocycles. The first kappa shape index (κ1) is 12.8. The predicted octanol–water partition coefficient (Wildman–Crippen LogP) is 4.17. The van der Waals surface area contributed by atoms with E-state index in [-0.39, 0.29) is 22.8 Å². The molecule has 2 aromatic carbocycles. The summed E-state index contributed by atoms with van der Waals surface area (Å²) in [6.07, 6.45) is 0.191. The summed E-state index contributed by atoms with van der Waals surface area (Å²) >= 11 is 1.09. The van der Waals surface area contributed by atoms with Crippen LogP contribution in [0, 0.1) is 5.82 Å². The van der Waals surface area contributed by atoms with Crippen LogP contribution in [0.2, 0.25) is 0 Å². The molecule has 0 atom stereocenters. The lowest BCUT2D eigenvalue weighted by Crippen LogP contribution is -2.02.